The first-order valence-electron chi connectivity index (χ1n) is 7.20. The minimum absolute atomic E-state index is 0.770. The molecule has 0 spiro atoms. The maximum absolute atomic E-state index is 4.21. The SMILES string of the molecule is Cc1cc(NCCN2CCC(N(C)C)CC2)ccn1. The van der Waals surface area contributed by atoms with E-state index in [0.717, 1.165) is 24.8 Å². The second kappa shape index (κ2) is 6.87. The van der Waals surface area contributed by atoms with E-state index in [1.807, 2.05) is 19.2 Å². The highest BCUT2D eigenvalue weighted by molar-refractivity contribution is 5.42. The Kier molecular flexibility index (Phi) is 5.16. The molecular weight excluding hydrogens is 236 g/mol. The van der Waals surface area contributed by atoms with Gasteiger partial charge >= 0.3 is 0 Å². The van der Waals surface area contributed by atoms with E-state index in [1.54, 1.807) is 0 Å². The zero-order valence-corrected chi connectivity index (χ0v) is 12.4. The number of piperidine rings is 1. The summed E-state index contributed by atoms with van der Waals surface area (Å²) in [5.41, 5.74) is 2.24. The van der Waals surface area contributed by atoms with Crippen LogP contribution in [-0.4, -0.2) is 61.1 Å². The lowest BCUT2D eigenvalue weighted by molar-refractivity contribution is 0.148. The fraction of sp³-hybridized carbons (Fsp3) is 0.667. The van der Waals surface area contributed by atoms with Gasteiger partial charge in [0.1, 0.15) is 0 Å². The van der Waals surface area contributed by atoms with Crippen molar-refractivity contribution in [3.05, 3.63) is 24.0 Å². The van der Waals surface area contributed by atoms with Crippen LogP contribution < -0.4 is 5.32 Å². The molecule has 1 aromatic rings. The summed E-state index contributed by atoms with van der Waals surface area (Å²) in [4.78, 5) is 9.12. The van der Waals surface area contributed by atoms with Crippen molar-refractivity contribution in [3.63, 3.8) is 0 Å². The van der Waals surface area contributed by atoms with E-state index in [9.17, 15) is 0 Å². The average Bonchev–Trinajstić information content (AvgIpc) is 2.39. The van der Waals surface area contributed by atoms with Crippen LogP contribution in [0.5, 0.6) is 0 Å². The summed E-state index contributed by atoms with van der Waals surface area (Å²) >= 11 is 0. The molecule has 1 N–H and O–H groups in total. The third-order valence-corrected chi connectivity index (χ3v) is 3.94. The van der Waals surface area contributed by atoms with Crippen LogP contribution >= 0.6 is 0 Å². The molecule has 0 atom stereocenters. The second-order valence-electron chi connectivity index (χ2n) is 5.65. The van der Waals surface area contributed by atoms with E-state index in [4.69, 9.17) is 0 Å². The van der Waals surface area contributed by atoms with Gasteiger partial charge in [-0.1, -0.05) is 0 Å². The molecule has 0 aromatic carbocycles. The zero-order chi connectivity index (χ0) is 13.7. The topological polar surface area (TPSA) is 31.4 Å². The van der Waals surface area contributed by atoms with E-state index in [0.29, 0.717) is 0 Å². The van der Waals surface area contributed by atoms with Crippen LogP contribution in [0.15, 0.2) is 18.3 Å². The monoisotopic (exact) mass is 262 g/mol. The first-order chi connectivity index (χ1) is 9.15. The zero-order valence-electron chi connectivity index (χ0n) is 12.4. The smallest absolute Gasteiger partial charge is 0.0393 e. The van der Waals surface area contributed by atoms with Gasteiger partial charge < -0.3 is 15.1 Å². The molecule has 0 radical (unpaired) electrons. The van der Waals surface area contributed by atoms with Gasteiger partial charge in [-0.3, -0.25) is 4.98 Å². The Hall–Kier alpha value is -1.13. The van der Waals surface area contributed by atoms with E-state index in [2.05, 4.69) is 40.3 Å². The van der Waals surface area contributed by atoms with Gasteiger partial charge in [0.05, 0.1) is 0 Å². The van der Waals surface area contributed by atoms with Crippen molar-refractivity contribution in [2.45, 2.75) is 25.8 Å². The average molecular weight is 262 g/mol. The molecule has 2 rings (SSSR count). The highest BCUT2D eigenvalue weighted by Gasteiger charge is 2.19. The van der Waals surface area contributed by atoms with Gasteiger partial charge in [0, 0.05) is 36.7 Å². The molecule has 19 heavy (non-hydrogen) atoms. The van der Waals surface area contributed by atoms with Crippen molar-refractivity contribution in [2.75, 3.05) is 45.6 Å². The van der Waals surface area contributed by atoms with Crippen molar-refractivity contribution in [1.29, 1.82) is 0 Å². The van der Waals surface area contributed by atoms with Crippen molar-refractivity contribution in [2.24, 2.45) is 0 Å². The Balaban J connectivity index is 1.67. The Morgan fingerprint density at radius 2 is 2.11 bits per heavy atom. The van der Waals surface area contributed by atoms with Crippen molar-refractivity contribution in [3.8, 4) is 0 Å². The molecule has 1 aliphatic rings. The number of rotatable bonds is 5. The van der Waals surface area contributed by atoms with E-state index >= 15 is 0 Å². The maximum Gasteiger partial charge on any atom is 0.0393 e. The summed E-state index contributed by atoms with van der Waals surface area (Å²) in [7, 11) is 4.38. The van der Waals surface area contributed by atoms with E-state index in [-0.39, 0.29) is 0 Å². The summed E-state index contributed by atoms with van der Waals surface area (Å²) in [6.45, 7) is 6.61. The van der Waals surface area contributed by atoms with Crippen LogP contribution in [0.4, 0.5) is 5.69 Å². The van der Waals surface area contributed by atoms with Crippen LogP contribution in [0.2, 0.25) is 0 Å². The quantitative estimate of drug-likeness (QED) is 0.877. The van der Waals surface area contributed by atoms with Crippen LogP contribution in [0.3, 0.4) is 0 Å². The molecule has 4 nitrogen and oxygen atoms in total. The third-order valence-electron chi connectivity index (χ3n) is 3.94. The van der Waals surface area contributed by atoms with Gasteiger partial charge in [-0.25, -0.2) is 0 Å². The minimum Gasteiger partial charge on any atom is -0.384 e. The number of likely N-dealkylation sites (tertiary alicyclic amines) is 1. The number of pyridine rings is 1. The molecule has 0 saturated carbocycles. The molecule has 0 amide bonds. The van der Waals surface area contributed by atoms with Crippen LogP contribution in [-0.2, 0) is 0 Å². The predicted octanol–water partition coefficient (Wildman–Crippen LogP) is 1.83. The lowest BCUT2D eigenvalue weighted by Crippen LogP contribution is -2.43. The van der Waals surface area contributed by atoms with Gasteiger partial charge in [-0.2, -0.15) is 0 Å². The van der Waals surface area contributed by atoms with Gasteiger partial charge in [-0.15, -0.1) is 0 Å². The highest BCUT2D eigenvalue weighted by Crippen LogP contribution is 2.14. The molecule has 1 saturated heterocycles. The van der Waals surface area contributed by atoms with Gasteiger partial charge in [0.2, 0.25) is 0 Å². The number of hydrogen-bond acceptors (Lipinski definition) is 4. The molecule has 0 unspecified atom stereocenters. The number of aromatic nitrogens is 1. The molecule has 1 fully saturated rings. The molecular formula is C15H26N4. The van der Waals surface area contributed by atoms with Gasteiger partial charge in [-0.05, 0) is 59.1 Å². The molecule has 1 aromatic heterocycles. The summed E-state index contributed by atoms with van der Waals surface area (Å²) in [6, 6.07) is 4.90. The fourth-order valence-electron chi connectivity index (χ4n) is 2.67. The Morgan fingerprint density at radius 3 is 2.74 bits per heavy atom. The predicted molar refractivity (Wildman–Crippen MR) is 80.6 cm³/mol. The molecule has 4 heteroatoms. The first kappa shape index (κ1) is 14.3. The van der Waals surface area contributed by atoms with E-state index < -0.39 is 0 Å². The largest absolute Gasteiger partial charge is 0.384 e. The van der Waals surface area contributed by atoms with Crippen LogP contribution in [0, 0.1) is 6.92 Å². The minimum atomic E-state index is 0.770. The van der Waals surface area contributed by atoms with Crippen LogP contribution in [0.1, 0.15) is 18.5 Å². The lowest BCUT2D eigenvalue weighted by atomic mass is 10.0. The third kappa shape index (κ3) is 4.48. The summed E-state index contributed by atoms with van der Waals surface area (Å²) < 4.78 is 0. The first-order valence-corrected chi connectivity index (χ1v) is 7.20. The Bertz CT molecular complexity index is 383. The second-order valence-corrected chi connectivity index (χ2v) is 5.65. The van der Waals surface area contributed by atoms with Crippen molar-refractivity contribution < 1.29 is 0 Å². The number of hydrogen-bond donors (Lipinski definition) is 1. The number of aryl methyl sites for hydroxylation is 1. The van der Waals surface area contributed by atoms with Crippen LogP contribution in [0.25, 0.3) is 0 Å². The van der Waals surface area contributed by atoms with Gasteiger partial charge in [0.15, 0.2) is 0 Å². The normalized spacial score (nSPS) is 17.9. The molecule has 0 aliphatic carbocycles. The Labute approximate surface area is 116 Å². The molecule has 106 valence electrons. The molecule has 0 bridgehead atoms. The molecule has 1 aliphatic heterocycles. The maximum atomic E-state index is 4.21. The van der Waals surface area contributed by atoms with E-state index in [1.165, 1.54) is 31.6 Å². The standard InChI is InChI=1S/C15H26N4/c1-13-12-14(4-7-16-13)17-8-11-19-9-5-15(6-10-19)18(2)3/h4,7,12,15H,5-6,8-11H2,1-3H3,(H,16,17). The summed E-state index contributed by atoms with van der Waals surface area (Å²) in [5.74, 6) is 0. The lowest BCUT2D eigenvalue weighted by Gasteiger charge is -2.35. The summed E-state index contributed by atoms with van der Waals surface area (Å²) in [5, 5.41) is 3.47. The summed E-state index contributed by atoms with van der Waals surface area (Å²) in [6.07, 6.45) is 4.45. The Morgan fingerprint density at radius 1 is 1.37 bits per heavy atom. The van der Waals surface area contributed by atoms with Gasteiger partial charge in [0.25, 0.3) is 0 Å². The number of nitrogens with one attached hydrogen (secondary N) is 1. The highest BCUT2D eigenvalue weighted by atomic mass is 15.2. The number of nitrogens with zero attached hydrogens (tertiary/aromatic N) is 3. The molecule has 2 heterocycles. The van der Waals surface area contributed by atoms with Crippen molar-refractivity contribution in [1.82, 2.24) is 14.8 Å². The fourth-order valence-corrected chi connectivity index (χ4v) is 2.67. The van der Waals surface area contributed by atoms with Crippen molar-refractivity contribution >= 4 is 5.69 Å². The number of anilines is 1.